The molecule has 1 saturated carbocycles. The fourth-order valence-corrected chi connectivity index (χ4v) is 4.05. The number of hydrogen-bond acceptors (Lipinski definition) is 5. The minimum absolute atomic E-state index is 0.168. The van der Waals surface area contributed by atoms with Crippen LogP contribution < -0.4 is 5.32 Å². The van der Waals surface area contributed by atoms with E-state index in [0.717, 1.165) is 18.4 Å². The van der Waals surface area contributed by atoms with Gasteiger partial charge in [0.05, 0.1) is 24.6 Å². The van der Waals surface area contributed by atoms with Gasteiger partial charge in [0.15, 0.2) is 0 Å². The van der Waals surface area contributed by atoms with Crippen molar-refractivity contribution in [1.29, 1.82) is 0 Å². The first-order valence-electron chi connectivity index (χ1n) is 9.41. The van der Waals surface area contributed by atoms with E-state index in [1.54, 1.807) is 4.90 Å². The number of piperidine rings is 1. The van der Waals surface area contributed by atoms with Crippen molar-refractivity contribution in [3.63, 3.8) is 0 Å². The molecule has 1 aromatic rings. The van der Waals surface area contributed by atoms with Crippen molar-refractivity contribution in [3.05, 3.63) is 35.9 Å². The highest BCUT2D eigenvalue weighted by atomic mass is 35.5. The van der Waals surface area contributed by atoms with Crippen LogP contribution in [-0.2, 0) is 25.7 Å². The van der Waals surface area contributed by atoms with E-state index in [1.165, 1.54) is 7.11 Å². The summed E-state index contributed by atoms with van der Waals surface area (Å²) < 4.78 is 10.2. The highest BCUT2D eigenvalue weighted by Crippen LogP contribution is 2.45. The van der Waals surface area contributed by atoms with E-state index in [4.69, 9.17) is 21.1 Å². The van der Waals surface area contributed by atoms with Crippen LogP contribution >= 0.6 is 11.6 Å². The van der Waals surface area contributed by atoms with Gasteiger partial charge < -0.3 is 19.7 Å². The summed E-state index contributed by atoms with van der Waals surface area (Å²) in [6.07, 6.45) is 2.21. The van der Waals surface area contributed by atoms with Crippen LogP contribution in [0.25, 0.3) is 0 Å². The summed E-state index contributed by atoms with van der Waals surface area (Å²) in [6.45, 7) is 0.438. The molecule has 0 bridgehead atoms. The Labute approximate surface area is 169 Å². The van der Waals surface area contributed by atoms with Gasteiger partial charge in [0.2, 0.25) is 5.91 Å². The SMILES string of the molecule is COC(=O)C1CCC(C2(NC(=O)OCc3ccccc3)CC2)N(C(=O)CCl)C1. The molecule has 2 atom stereocenters. The van der Waals surface area contributed by atoms with Crippen LogP contribution in [0.5, 0.6) is 0 Å². The average molecular weight is 409 g/mol. The number of halogens is 1. The molecule has 2 aliphatic rings. The number of rotatable bonds is 6. The van der Waals surface area contributed by atoms with Gasteiger partial charge in [-0.25, -0.2) is 4.79 Å². The van der Waals surface area contributed by atoms with Gasteiger partial charge in [-0.2, -0.15) is 0 Å². The lowest BCUT2D eigenvalue weighted by molar-refractivity contribution is -0.150. The number of nitrogens with zero attached hydrogens (tertiary/aromatic N) is 1. The van der Waals surface area contributed by atoms with E-state index in [0.29, 0.717) is 12.8 Å². The van der Waals surface area contributed by atoms with Crippen molar-refractivity contribution in [2.24, 2.45) is 5.92 Å². The first-order valence-corrected chi connectivity index (χ1v) is 9.94. The lowest BCUT2D eigenvalue weighted by Gasteiger charge is -2.43. The summed E-state index contributed by atoms with van der Waals surface area (Å²) in [5.41, 5.74) is 0.386. The highest BCUT2D eigenvalue weighted by Gasteiger charge is 2.55. The summed E-state index contributed by atoms with van der Waals surface area (Å²) in [4.78, 5) is 38.3. The molecule has 0 spiro atoms. The molecule has 2 amide bonds. The Hall–Kier alpha value is -2.28. The zero-order valence-electron chi connectivity index (χ0n) is 15.9. The molecule has 152 valence electrons. The molecule has 3 rings (SSSR count). The van der Waals surface area contributed by atoms with Crippen LogP contribution in [0.3, 0.4) is 0 Å². The number of amides is 2. The topological polar surface area (TPSA) is 84.9 Å². The van der Waals surface area contributed by atoms with Crippen molar-refractivity contribution in [2.75, 3.05) is 19.5 Å². The quantitative estimate of drug-likeness (QED) is 0.577. The van der Waals surface area contributed by atoms with Gasteiger partial charge in [0.1, 0.15) is 12.5 Å². The molecular formula is C20H25ClN2O5. The van der Waals surface area contributed by atoms with E-state index in [-0.39, 0.29) is 42.9 Å². The van der Waals surface area contributed by atoms with E-state index >= 15 is 0 Å². The molecule has 1 aliphatic carbocycles. The molecule has 1 aliphatic heterocycles. The van der Waals surface area contributed by atoms with Gasteiger partial charge in [-0.05, 0) is 31.2 Å². The Morgan fingerprint density at radius 3 is 2.54 bits per heavy atom. The number of esters is 1. The fraction of sp³-hybridized carbons (Fsp3) is 0.550. The zero-order chi connectivity index (χ0) is 20.1. The molecular weight excluding hydrogens is 384 g/mol. The second-order valence-corrected chi connectivity index (χ2v) is 7.60. The molecule has 1 heterocycles. The smallest absolute Gasteiger partial charge is 0.407 e. The van der Waals surface area contributed by atoms with Crippen LogP contribution in [0.2, 0.25) is 0 Å². The number of nitrogens with one attached hydrogen (secondary N) is 1. The predicted octanol–water partition coefficient (Wildman–Crippen LogP) is 2.46. The Morgan fingerprint density at radius 1 is 1.21 bits per heavy atom. The molecule has 28 heavy (non-hydrogen) atoms. The molecule has 1 aromatic carbocycles. The third kappa shape index (κ3) is 4.58. The van der Waals surface area contributed by atoms with Crippen LogP contribution in [0, 0.1) is 5.92 Å². The van der Waals surface area contributed by atoms with Crippen LogP contribution in [-0.4, -0.2) is 54.0 Å². The van der Waals surface area contributed by atoms with E-state index in [9.17, 15) is 14.4 Å². The first-order chi connectivity index (χ1) is 13.5. The van der Waals surface area contributed by atoms with Gasteiger partial charge in [-0.3, -0.25) is 9.59 Å². The molecule has 7 nitrogen and oxygen atoms in total. The van der Waals surface area contributed by atoms with Crippen molar-refractivity contribution < 1.29 is 23.9 Å². The lowest BCUT2D eigenvalue weighted by Crippen LogP contribution is -2.59. The minimum Gasteiger partial charge on any atom is -0.469 e. The normalized spacial score (nSPS) is 22.9. The van der Waals surface area contributed by atoms with Crippen molar-refractivity contribution in [2.45, 2.75) is 43.9 Å². The second-order valence-electron chi connectivity index (χ2n) is 7.34. The second kappa shape index (κ2) is 8.82. The molecule has 2 fully saturated rings. The Kier molecular flexibility index (Phi) is 6.44. The van der Waals surface area contributed by atoms with Gasteiger partial charge in [0, 0.05) is 6.54 Å². The van der Waals surface area contributed by atoms with Crippen LogP contribution in [0.1, 0.15) is 31.2 Å². The minimum atomic E-state index is -0.517. The highest BCUT2D eigenvalue weighted by molar-refractivity contribution is 6.27. The Bertz CT molecular complexity index is 723. The predicted molar refractivity (Wildman–Crippen MR) is 103 cm³/mol. The van der Waals surface area contributed by atoms with E-state index < -0.39 is 11.6 Å². The molecule has 2 unspecified atom stereocenters. The average Bonchev–Trinajstić information content (AvgIpc) is 3.51. The van der Waals surface area contributed by atoms with Crippen LogP contribution in [0.15, 0.2) is 30.3 Å². The maximum Gasteiger partial charge on any atom is 0.407 e. The molecule has 1 N–H and O–H groups in total. The molecule has 0 aromatic heterocycles. The summed E-state index contributed by atoms with van der Waals surface area (Å²) in [7, 11) is 1.34. The number of hydrogen-bond donors (Lipinski definition) is 1. The number of likely N-dealkylation sites (tertiary alicyclic amines) is 1. The molecule has 0 radical (unpaired) electrons. The number of carbonyl (C=O) groups is 3. The third-order valence-corrected chi connectivity index (χ3v) is 5.77. The summed E-state index contributed by atoms with van der Waals surface area (Å²) in [5, 5.41) is 2.96. The number of carbonyl (C=O) groups excluding carboxylic acids is 3. The standard InChI is InChI=1S/C20H25ClN2O5/c1-27-18(25)15-7-8-16(23(12-15)17(24)11-21)20(9-10-20)22-19(26)28-13-14-5-3-2-4-6-14/h2-6,15-16H,7-13H2,1H3,(H,22,26). The lowest BCUT2D eigenvalue weighted by atomic mass is 9.87. The monoisotopic (exact) mass is 408 g/mol. The van der Waals surface area contributed by atoms with Gasteiger partial charge in [0.25, 0.3) is 0 Å². The molecule has 1 saturated heterocycles. The zero-order valence-corrected chi connectivity index (χ0v) is 16.6. The fourth-order valence-electron chi connectivity index (χ4n) is 3.90. The third-order valence-electron chi connectivity index (χ3n) is 5.54. The van der Waals surface area contributed by atoms with Crippen molar-refractivity contribution in [1.82, 2.24) is 10.2 Å². The Balaban J connectivity index is 1.63. The molecule has 8 heteroatoms. The summed E-state index contributed by atoms with van der Waals surface area (Å²) >= 11 is 5.79. The summed E-state index contributed by atoms with van der Waals surface area (Å²) in [5.74, 6) is -1.11. The number of alkyl halides is 1. The van der Waals surface area contributed by atoms with Crippen molar-refractivity contribution in [3.8, 4) is 0 Å². The summed E-state index contributed by atoms with van der Waals surface area (Å²) in [6, 6.07) is 9.23. The Morgan fingerprint density at radius 2 is 1.93 bits per heavy atom. The number of methoxy groups -OCH3 is 1. The van der Waals surface area contributed by atoms with Gasteiger partial charge >= 0.3 is 12.1 Å². The van der Waals surface area contributed by atoms with Crippen molar-refractivity contribution >= 4 is 29.6 Å². The number of benzene rings is 1. The maximum atomic E-state index is 12.4. The van der Waals surface area contributed by atoms with Gasteiger partial charge in [-0.1, -0.05) is 30.3 Å². The first kappa shape index (κ1) is 20.5. The maximum absolute atomic E-state index is 12.4. The number of alkyl carbamates (subject to hydrolysis) is 1. The van der Waals surface area contributed by atoms with E-state index in [2.05, 4.69) is 5.32 Å². The van der Waals surface area contributed by atoms with Crippen LogP contribution in [0.4, 0.5) is 4.79 Å². The van der Waals surface area contributed by atoms with E-state index in [1.807, 2.05) is 30.3 Å². The largest absolute Gasteiger partial charge is 0.469 e. The number of ether oxygens (including phenoxy) is 2. The van der Waals surface area contributed by atoms with Gasteiger partial charge in [-0.15, -0.1) is 11.6 Å².